The Morgan fingerprint density at radius 1 is 1.40 bits per heavy atom. The minimum absolute atomic E-state index is 0.623. The summed E-state index contributed by atoms with van der Waals surface area (Å²) in [6, 6.07) is 8.24. The minimum Gasteiger partial charge on any atom is -0.380 e. The summed E-state index contributed by atoms with van der Waals surface area (Å²) in [6.07, 6.45) is 3.16. The maximum absolute atomic E-state index is 5.66. The number of nitrogens with two attached hydrogens (primary N) is 1. The molecular weight excluding hydrogens is 186 g/mol. The quantitative estimate of drug-likeness (QED) is 0.802. The average Bonchev–Trinajstić information content (AvgIpc) is 2.28. The lowest BCUT2D eigenvalue weighted by Crippen LogP contribution is -2.02. The van der Waals surface area contributed by atoms with Gasteiger partial charge in [0.1, 0.15) is 0 Å². The van der Waals surface area contributed by atoms with Gasteiger partial charge in [0, 0.05) is 13.7 Å². The third kappa shape index (κ3) is 3.50. The van der Waals surface area contributed by atoms with Gasteiger partial charge in [0.05, 0.1) is 6.61 Å². The van der Waals surface area contributed by atoms with Crippen LogP contribution in [0.2, 0.25) is 0 Å². The van der Waals surface area contributed by atoms with Crippen LogP contribution in [0.15, 0.2) is 29.8 Å². The van der Waals surface area contributed by atoms with Gasteiger partial charge >= 0.3 is 0 Å². The molecule has 0 bridgehead atoms. The molecule has 1 aromatic carbocycles. The highest BCUT2D eigenvalue weighted by atomic mass is 16.5. The molecule has 0 unspecified atom stereocenters. The number of benzene rings is 1. The largest absolute Gasteiger partial charge is 0.380 e. The highest BCUT2D eigenvalue weighted by molar-refractivity contribution is 5.56. The van der Waals surface area contributed by atoms with Gasteiger partial charge in [-0.25, -0.2) is 0 Å². The van der Waals surface area contributed by atoms with Gasteiger partial charge < -0.3 is 10.5 Å². The smallest absolute Gasteiger partial charge is 0.0718 e. The maximum Gasteiger partial charge on any atom is 0.0718 e. The molecule has 1 aromatic rings. The first-order chi connectivity index (χ1) is 7.31. The Bertz CT molecular complexity index is 325. The highest BCUT2D eigenvalue weighted by Gasteiger charge is 1.99. The maximum atomic E-state index is 5.66. The second-order valence-electron chi connectivity index (χ2n) is 3.49. The number of hydrogen-bond donors (Lipinski definition) is 1. The summed E-state index contributed by atoms with van der Waals surface area (Å²) < 4.78 is 5.16. The zero-order valence-corrected chi connectivity index (χ0v) is 9.49. The molecule has 0 aliphatic rings. The fourth-order valence-electron chi connectivity index (χ4n) is 1.49. The molecular formula is C13H19NO. The van der Waals surface area contributed by atoms with Gasteiger partial charge in [-0.3, -0.25) is 0 Å². The fourth-order valence-corrected chi connectivity index (χ4v) is 1.49. The lowest BCUT2D eigenvalue weighted by molar-refractivity contribution is 0.184. The Kier molecular flexibility index (Phi) is 5.08. The van der Waals surface area contributed by atoms with Crippen LogP contribution in [0.3, 0.4) is 0 Å². The highest BCUT2D eigenvalue weighted by Crippen LogP contribution is 2.14. The molecule has 0 aliphatic heterocycles. The average molecular weight is 205 g/mol. The summed E-state index contributed by atoms with van der Waals surface area (Å²) >= 11 is 0. The first-order valence-electron chi connectivity index (χ1n) is 5.28. The van der Waals surface area contributed by atoms with E-state index in [9.17, 15) is 0 Å². The molecule has 2 heteroatoms. The van der Waals surface area contributed by atoms with Crippen LogP contribution in [-0.2, 0) is 11.3 Å². The van der Waals surface area contributed by atoms with E-state index < -0.39 is 0 Å². The SMILES string of the molecule is CCC(=Cc1ccccc1COC)CN. The molecule has 2 nitrogen and oxygen atoms in total. The van der Waals surface area contributed by atoms with Crippen molar-refractivity contribution < 1.29 is 4.74 Å². The van der Waals surface area contributed by atoms with Crippen LogP contribution >= 0.6 is 0 Å². The van der Waals surface area contributed by atoms with Crippen molar-refractivity contribution in [3.05, 3.63) is 41.0 Å². The van der Waals surface area contributed by atoms with Gasteiger partial charge in [0.15, 0.2) is 0 Å². The third-order valence-electron chi connectivity index (χ3n) is 2.43. The van der Waals surface area contributed by atoms with Crippen molar-refractivity contribution in [2.24, 2.45) is 5.73 Å². The molecule has 0 radical (unpaired) electrons. The Labute approximate surface area is 91.7 Å². The van der Waals surface area contributed by atoms with Crippen molar-refractivity contribution in [1.29, 1.82) is 0 Å². The summed E-state index contributed by atoms with van der Waals surface area (Å²) in [5.74, 6) is 0. The van der Waals surface area contributed by atoms with Crippen LogP contribution in [0.4, 0.5) is 0 Å². The molecule has 0 spiro atoms. The van der Waals surface area contributed by atoms with Crippen molar-refractivity contribution in [3.63, 3.8) is 0 Å². The number of ether oxygens (including phenoxy) is 1. The third-order valence-corrected chi connectivity index (χ3v) is 2.43. The molecule has 82 valence electrons. The Hall–Kier alpha value is -1.12. The number of rotatable bonds is 5. The standard InChI is InChI=1S/C13H19NO/c1-3-11(9-14)8-12-6-4-5-7-13(12)10-15-2/h4-8H,3,9-10,14H2,1-2H3. The van der Waals surface area contributed by atoms with Gasteiger partial charge in [0.25, 0.3) is 0 Å². The first-order valence-corrected chi connectivity index (χ1v) is 5.28. The van der Waals surface area contributed by atoms with E-state index in [1.807, 2.05) is 12.1 Å². The van der Waals surface area contributed by atoms with Crippen molar-refractivity contribution in [1.82, 2.24) is 0 Å². The summed E-state index contributed by atoms with van der Waals surface area (Å²) in [5.41, 5.74) is 9.34. The predicted molar refractivity (Wildman–Crippen MR) is 64.5 cm³/mol. The van der Waals surface area contributed by atoms with Crippen molar-refractivity contribution in [2.45, 2.75) is 20.0 Å². The monoisotopic (exact) mass is 205 g/mol. The van der Waals surface area contributed by atoms with E-state index in [2.05, 4.69) is 25.1 Å². The second kappa shape index (κ2) is 6.38. The topological polar surface area (TPSA) is 35.2 Å². The summed E-state index contributed by atoms with van der Waals surface area (Å²) in [4.78, 5) is 0. The van der Waals surface area contributed by atoms with E-state index in [1.165, 1.54) is 16.7 Å². The van der Waals surface area contributed by atoms with Crippen LogP contribution in [-0.4, -0.2) is 13.7 Å². The predicted octanol–water partition coefficient (Wildman–Crippen LogP) is 2.59. The Morgan fingerprint density at radius 2 is 2.13 bits per heavy atom. The second-order valence-corrected chi connectivity index (χ2v) is 3.49. The van der Waals surface area contributed by atoms with Crippen LogP contribution in [0, 0.1) is 0 Å². The molecule has 0 aromatic heterocycles. The molecule has 0 aliphatic carbocycles. The molecule has 0 fully saturated rings. The summed E-state index contributed by atoms with van der Waals surface area (Å²) in [7, 11) is 1.71. The van der Waals surface area contributed by atoms with Gasteiger partial charge in [-0.2, -0.15) is 0 Å². The first kappa shape index (κ1) is 12.0. The van der Waals surface area contributed by atoms with Crippen LogP contribution in [0.25, 0.3) is 6.08 Å². The van der Waals surface area contributed by atoms with Crippen LogP contribution in [0.1, 0.15) is 24.5 Å². The summed E-state index contributed by atoms with van der Waals surface area (Å²) in [6.45, 7) is 3.39. The lowest BCUT2D eigenvalue weighted by Gasteiger charge is -2.06. The van der Waals surface area contributed by atoms with E-state index in [-0.39, 0.29) is 0 Å². The fraction of sp³-hybridized carbons (Fsp3) is 0.385. The molecule has 15 heavy (non-hydrogen) atoms. The Morgan fingerprint density at radius 3 is 2.73 bits per heavy atom. The lowest BCUT2D eigenvalue weighted by atomic mass is 10.0. The minimum atomic E-state index is 0.623. The Balaban J connectivity index is 2.96. The van der Waals surface area contributed by atoms with E-state index >= 15 is 0 Å². The van der Waals surface area contributed by atoms with Crippen molar-refractivity contribution in [2.75, 3.05) is 13.7 Å². The van der Waals surface area contributed by atoms with E-state index in [0.717, 1.165) is 6.42 Å². The molecule has 2 N–H and O–H groups in total. The number of hydrogen-bond acceptors (Lipinski definition) is 2. The van der Waals surface area contributed by atoms with Crippen LogP contribution in [0.5, 0.6) is 0 Å². The van der Waals surface area contributed by atoms with E-state index in [4.69, 9.17) is 10.5 Å². The van der Waals surface area contributed by atoms with E-state index in [0.29, 0.717) is 13.2 Å². The van der Waals surface area contributed by atoms with Gasteiger partial charge in [-0.15, -0.1) is 0 Å². The van der Waals surface area contributed by atoms with Gasteiger partial charge in [0.2, 0.25) is 0 Å². The molecule has 0 heterocycles. The molecule has 1 rings (SSSR count). The van der Waals surface area contributed by atoms with Gasteiger partial charge in [-0.05, 0) is 17.5 Å². The van der Waals surface area contributed by atoms with Crippen LogP contribution < -0.4 is 5.73 Å². The molecule has 0 atom stereocenters. The van der Waals surface area contributed by atoms with Crippen molar-refractivity contribution >= 4 is 6.08 Å². The zero-order valence-electron chi connectivity index (χ0n) is 9.49. The zero-order chi connectivity index (χ0) is 11.1. The normalized spacial score (nSPS) is 11.8. The van der Waals surface area contributed by atoms with E-state index in [1.54, 1.807) is 7.11 Å². The van der Waals surface area contributed by atoms with Crippen molar-refractivity contribution in [3.8, 4) is 0 Å². The molecule has 0 amide bonds. The summed E-state index contributed by atoms with van der Waals surface area (Å²) in [5, 5.41) is 0. The molecule has 0 saturated carbocycles. The number of methoxy groups -OCH3 is 1. The van der Waals surface area contributed by atoms with Gasteiger partial charge in [-0.1, -0.05) is 42.8 Å². The molecule has 0 saturated heterocycles.